The standard InChI is InChI=1S/C40H42ClF3N4O5S2/c1-40(2,28-12-17-33(41)36(20-28)53-6)37-23-45-39(47(37)30-15-13-29(42)14-16-30)54-25-32-34(43)21-31(22-35(32)44)55(51,52)46(18-7-19-48(3,4)5)24-26-8-10-27(11-9-26)38(49)50/h8-17,20-23H,7,18-19,24-25H2,1-6H3. The van der Waals surface area contributed by atoms with Crippen LogP contribution in [0.5, 0.6) is 5.75 Å². The van der Waals surface area contributed by atoms with E-state index >= 15 is 8.78 Å². The third-order valence-corrected chi connectivity index (χ3v) is 12.3. The van der Waals surface area contributed by atoms with Crippen LogP contribution in [0.3, 0.4) is 0 Å². The Morgan fingerprint density at radius 2 is 1.62 bits per heavy atom. The first-order valence-electron chi connectivity index (χ1n) is 17.2. The molecule has 0 saturated heterocycles. The number of methoxy groups -OCH3 is 1. The number of ether oxygens (including phenoxy) is 1. The summed E-state index contributed by atoms with van der Waals surface area (Å²) in [5, 5.41) is 12.0. The number of aromatic nitrogens is 2. The van der Waals surface area contributed by atoms with Gasteiger partial charge in [-0.1, -0.05) is 67.5 Å². The second-order valence-electron chi connectivity index (χ2n) is 14.6. The highest BCUT2D eigenvalue weighted by Gasteiger charge is 2.32. The van der Waals surface area contributed by atoms with Gasteiger partial charge in [-0.15, -0.1) is 0 Å². The minimum atomic E-state index is -4.42. The van der Waals surface area contributed by atoms with Crippen molar-refractivity contribution in [3.8, 4) is 11.4 Å². The highest BCUT2D eigenvalue weighted by molar-refractivity contribution is 7.98. The summed E-state index contributed by atoms with van der Waals surface area (Å²) < 4.78 is 82.6. The molecule has 0 amide bonds. The Hall–Kier alpha value is -4.34. The van der Waals surface area contributed by atoms with Crippen LogP contribution in [-0.2, 0) is 27.7 Å². The molecule has 0 aliphatic rings. The number of carboxylic acids is 1. The first-order chi connectivity index (χ1) is 25.8. The van der Waals surface area contributed by atoms with Crippen molar-refractivity contribution < 1.29 is 40.7 Å². The van der Waals surface area contributed by atoms with Gasteiger partial charge < -0.3 is 19.1 Å². The predicted octanol–water partition coefficient (Wildman–Crippen LogP) is 7.22. The number of hydrogen-bond acceptors (Lipinski definition) is 7. The number of aromatic carboxylic acids is 1. The van der Waals surface area contributed by atoms with Crippen molar-refractivity contribution in [2.24, 2.45) is 0 Å². The van der Waals surface area contributed by atoms with Crippen molar-refractivity contribution in [3.63, 3.8) is 0 Å². The van der Waals surface area contributed by atoms with E-state index in [2.05, 4.69) is 4.98 Å². The molecule has 0 saturated carbocycles. The van der Waals surface area contributed by atoms with Crippen LogP contribution in [0.1, 0.15) is 53.0 Å². The smallest absolute Gasteiger partial charge is 0.243 e. The maximum Gasteiger partial charge on any atom is 0.243 e. The van der Waals surface area contributed by atoms with Crippen molar-refractivity contribution in [2.45, 2.75) is 48.0 Å². The van der Waals surface area contributed by atoms with Crippen LogP contribution in [0.4, 0.5) is 13.2 Å². The number of carbonyl (C=O) groups excluding carboxylic acids is 1. The molecule has 0 radical (unpaired) electrons. The molecule has 5 aromatic rings. The van der Waals surface area contributed by atoms with E-state index in [-0.39, 0.29) is 30.0 Å². The molecule has 0 aliphatic carbocycles. The minimum absolute atomic E-state index is 0.0501. The van der Waals surface area contributed by atoms with Gasteiger partial charge >= 0.3 is 0 Å². The molecular formula is C40H42ClF3N4O5S2. The quantitative estimate of drug-likeness (QED) is 0.0766. The van der Waals surface area contributed by atoms with E-state index in [0.717, 1.165) is 33.8 Å². The van der Waals surface area contributed by atoms with Gasteiger partial charge in [-0.2, -0.15) is 4.31 Å². The third-order valence-electron chi connectivity index (χ3n) is 9.21. The molecule has 4 aromatic carbocycles. The number of rotatable bonds is 16. The van der Waals surface area contributed by atoms with Gasteiger partial charge in [0.05, 0.1) is 62.6 Å². The molecule has 0 unspecified atom stereocenters. The van der Waals surface area contributed by atoms with E-state index < -0.39 is 43.8 Å². The number of carboxylic acid groups (broad SMARTS) is 1. The Balaban J connectivity index is 1.46. The van der Waals surface area contributed by atoms with E-state index in [1.54, 1.807) is 29.0 Å². The number of halogens is 4. The lowest BCUT2D eigenvalue weighted by molar-refractivity contribution is -0.870. The van der Waals surface area contributed by atoms with Crippen LogP contribution in [0.2, 0.25) is 5.02 Å². The largest absolute Gasteiger partial charge is 0.545 e. The van der Waals surface area contributed by atoms with Crippen molar-refractivity contribution in [2.75, 3.05) is 41.3 Å². The van der Waals surface area contributed by atoms with Crippen LogP contribution in [-0.4, -0.2) is 74.1 Å². The van der Waals surface area contributed by atoms with E-state index in [9.17, 15) is 22.7 Å². The van der Waals surface area contributed by atoms with Crippen LogP contribution >= 0.6 is 23.4 Å². The van der Waals surface area contributed by atoms with Crippen molar-refractivity contribution in [1.82, 2.24) is 13.9 Å². The Morgan fingerprint density at radius 1 is 0.982 bits per heavy atom. The fourth-order valence-electron chi connectivity index (χ4n) is 6.02. The molecule has 292 valence electrons. The first-order valence-corrected chi connectivity index (χ1v) is 20.0. The Morgan fingerprint density at radius 3 is 2.20 bits per heavy atom. The molecule has 0 atom stereocenters. The van der Waals surface area contributed by atoms with Gasteiger partial charge in [-0.25, -0.2) is 26.6 Å². The minimum Gasteiger partial charge on any atom is -0.545 e. The number of hydrogen-bond donors (Lipinski definition) is 0. The summed E-state index contributed by atoms with van der Waals surface area (Å²) in [6, 6.07) is 18.4. The molecule has 1 heterocycles. The van der Waals surface area contributed by atoms with E-state index in [0.29, 0.717) is 50.3 Å². The van der Waals surface area contributed by atoms with Gasteiger partial charge in [-0.3, -0.25) is 4.57 Å². The van der Waals surface area contributed by atoms with Crippen LogP contribution in [0, 0.1) is 17.5 Å². The van der Waals surface area contributed by atoms with Crippen LogP contribution < -0.4 is 9.84 Å². The Labute approximate surface area is 329 Å². The third kappa shape index (κ3) is 9.73. The monoisotopic (exact) mass is 814 g/mol. The number of benzene rings is 4. The normalized spacial score (nSPS) is 12.3. The summed E-state index contributed by atoms with van der Waals surface area (Å²) in [7, 11) is 2.98. The van der Waals surface area contributed by atoms with Crippen molar-refractivity contribution in [1.29, 1.82) is 0 Å². The summed E-state index contributed by atoms with van der Waals surface area (Å²) >= 11 is 7.33. The van der Waals surface area contributed by atoms with Crippen LogP contribution in [0.25, 0.3) is 5.69 Å². The maximum absolute atomic E-state index is 15.9. The second kappa shape index (κ2) is 16.8. The Kier molecular flexibility index (Phi) is 12.8. The number of quaternary nitrogens is 1. The van der Waals surface area contributed by atoms with Crippen molar-refractivity contribution in [3.05, 3.63) is 135 Å². The molecular weight excluding hydrogens is 773 g/mol. The van der Waals surface area contributed by atoms with Crippen molar-refractivity contribution >= 4 is 39.4 Å². The predicted molar refractivity (Wildman–Crippen MR) is 205 cm³/mol. The first kappa shape index (κ1) is 41.8. The highest BCUT2D eigenvalue weighted by atomic mass is 35.5. The summed E-state index contributed by atoms with van der Waals surface area (Å²) in [6.45, 7) is 4.45. The number of nitrogens with zero attached hydrogens (tertiary/aromatic N) is 4. The molecule has 0 bridgehead atoms. The molecule has 0 fully saturated rings. The summed E-state index contributed by atoms with van der Waals surface area (Å²) in [6.07, 6.45) is 2.10. The fourth-order valence-corrected chi connectivity index (χ4v) is 8.72. The molecule has 1 aromatic heterocycles. The molecule has 9 nitrogen and oxygen atoms in total. The van der Waals surface area contributed by atoms with Crippen LogP contribution in [0.15, 0.2) is 95.1 Å². The van der Waals surface area contributed by atoms with Gasteiger partial charge in [-0.05, 0) is 65.2 Å². The van der Waals surface area contributed by atoms with Gasteiger partial charge in [0.25, 0.3) is 0 Å². The maximum atomic E-state index is 15.9. The zero-order valence-electron chi connectivity index (χ0n) is 31.3. The Bertz CT molecular complexity index is 2250. The summed E-state index contributed by atoms with van der Waals surface area (Å²) in [4.78, 5) is 15.3. The number of imidazole rings is 1. The van der Waals surface area contributed by atoms with Gasteiger partial charge in [0.15, 0.2) is 5.16 Å². The lowest BCUT2D eigenvalue weighted by Crippen LogP contribution is -2.38. The lowest BCUT2D eigenvalue weighted by atomic mass is 9.81. The molecule has 0 spiro atoms. The average molecular weight is 815 g/mol. The average Bonchev–Trinajstić information content (AvgIpc) is 3.55. The second-order valence-corrected chi connectivity index (χ2v) is 17.8. The molecule has 5 rings (SSSR count). The molecule has 0 aliphatic heterocycles. The summed E-state index contributed by atoms with van der Waals surface area (Å²) in [5.74, 6) is -3.69. The topological polar surface area (TPSA) is 105 Å². The van der Waals surface area contributed by atoms with E-state index in [4.69, 9.17) is 16.3 Å². The van der Waals surface area contributed by atoms with Gasteiger partial charge in [0, 0.05) is 41.9 Å². The highest BCUT2D eigenvalue weighted by Crippen LogP contribution is 2.39. The number of thioether (sulfide) groups is 1. The SMILES string of the molecule is COc1cc(C(C)(C)c2cnc(SCc3c(F)cc(S(=O)(=O)N(CCC[N+](C)(C)C)Cc4ccc(C(=O)[O-])cc4)cc3F)n2-c2ccc(F)cc2)ccc1Cl. The molecule has 15 heteroatoms. The van der Waals surface area contributed by atoms with Gasteiger partial charge in [0.1, 0.15) is 23.2 Å². The molecule has 0 N–H and O–H groups in total. The van der Waals surface area contributed by atoms with E-state index in [1.807, 2.05) is 47.1 Å². The summed E-state index contributed by atoms with van der Waals surface area (Å²) in [5.41, 5.74) is 1.45. The lowest BCUT2D eigenvalue weighted by Gasteiger charge is -2.28. The molecule has 55 heavy (non-hydrogen) atoms. The zero-order chi connectivity index (χ0) is 40.3. The van der Waals surface area contributed by atoms with Gasteiger partial charge in [0.2, 0.25) is 10.0 Å². The fraction of sp³-hybridized carbons (Fsp3) is 0.300. The van der Waals surface area contributed by atoms with E-state index in [1.165, 1.54) is 43.5 Å². The zero-order valence-corrected chi connectivity index (χ0v) is 33.7. The number of carbonyl (C=O) groups is 1. The number of sulfonamides is 1.